The number of likely N-dealkylation sites (tertiary alicyclic amines) is 1. The zero-order valence-corrected chi connectivity index (χ0v) is 21.6. The summed E-state index contributed by atoms with van der Waals surface area (Å²) in [6.07, 6.45) is 10.7. The largest absolute Gasteiger partial charge is 0.343 e. The van der Waals surface area contributed by atoms with Gasteiger partial charge in [-0.2, -0.15) is 0 Å². The molecule has 3 aromatic rings. The molecule has 1 aromatic carbocycles. The van der Waals surface area contributed by atoms with Gasteiger partial charge in [0.05, 0.1) is 17.6 Å². The van der Waals surface area contributed by atoms with E-state index in [0.29, 0.717) is 12.4 Å². The number of halogens is 1. The molecule has 196 valence electrons. The van der Waals surface area contributed by atoms with Crippen molar-refractivity contribution in [1.82, 2.24) is 25.1 Å². The van der Waals surface area contributed by atoms with Gasteiger partial charge in [-0.15, -0.1) is 0 Å². The Hall–Kier alpha value is -3.26. The zero-order valence-electron chi connectivity index (χ0n) is 21.6. The quantitative estimate of drug-likeness (QED) is 0.496. The van der Waals surface area contributed by atoms with Crippen molar-refractivity contribution in [3.05, 3.63) is 60.2 Å². The maximum atomic E-state index is 14.0. The molecular formula is C29H36FN5O2. The van der Waals surface area contributed by atoms with Gasteiger partial charge in [-0.1, -0.05) is 19.3 Å². The number of amides is 2. The standard InChI is InChI=1S/C29H36FN5O2/c1-19(31-2)28(36)33-27(21-7-4-3-5-8-21)29(37)35-15-6-9-24(35)22-12-14-32-26(17-22)34-16-13-20-10-11-23(30)18-25(20)34/h10-14,16-19,21,24,27,31H,3-9,15H2,1-2H3,(H,33,36)/t19-,24+,27-/m0/s1. The fourth-order valence-corrected chi connectivity index (χ4v) is 5.89. The first-order chi connectivity index (χ1) is 18.0. The zero-order chi connectivity index (χ0) is 25.9. The number of hydrogen-bond acceptors (Lipinski definition) is 4. The summed E-state index contributed by atoms with van der Waals surface area (Å²) in [5, 5.41) is 7.02. The highest BCUT2D eigenvalue weighted by Gasteiger charge is 2.39. The third-order valence-corrected chi connectivity index (χ3v) is 8.10. The van der Waals surface area contributed by atoms with Crippen LogP contribution in [0.2, 0.25) is 0 Å². The van der Waals surface area contributed by atoms with E-state index in [-0.39, 0.29) is 35.6 Å². The lowest BCUT2D eigenvalue weighted by Crippen LogP contribution is -2.55. The topological polar surface area (TPSA) is 79.3 Å². The number of carbonyl (C=O) groups is 2. The van der Waals surface area contributed by atoms with E-state index in [1.807, 2.05) is 40.8 Å². The van der Waals surface area contributed by atoms with Crippen LogP contribution in [0, 0.1) is 11.7 Å². The average Bonchev–Trinajstić information content (AvgIpc) is 3.59. The highest BCUT2D eigenvalue weighted by atomic mass is 19.1. The molecule has 3 atom stereocenters. The maximum Gasteiger partial charge on any atom is 0.245 e. The molecule has 0 bridgehead atoms. The fraction of sp³-hybridized carbons (Fsp3) is 0.483. The number of benzene rings is 1. The molecule has 0 spiro atoms. The minimum atomic E-state index is -0.512. The molecule has 0 radical (unpaired) electrons. The van der Waals surface area contributed by atoms with Crippen molar-refractivity contribution in [2.24, 2.45) is 5.92 Å². The Balaban J connectivity index is 1.42. The van der Waals surface area contributed by atoms with Crippen LogP contribution in [0.3, 0.4) is 0 Å². The summed E-state index contributed by atoms with van der Waals surface area (Å²) in [7, 11) is 1.75. The van der Waals surface area contributed by atoms with Crippen molar-refractivity contribution in [3.63, 3.8) is 0 Å². The van der Waals surface area contributed by atoms with Crippen LogP contribution in [0.1, 0.15) is 63.5 Å². The summed E-state index contributed by atoms with van der Waals surface area (Å²) in [6.45, 7) is 2.48. The Labute approximate surface area is 217 Å². The van der Waals surface area contributed by atoms with Gasteiger partial charge in [0.2, 0.25) is 11.8 Å². The number of pyridine rings is 1. The van der Waals surface area contributed by atoms with Crippen LogP contribution >= 0.6 is 0 Å². The highest BCUT2D eigenvalue weighted by molar-refractivity contribution is 5.90. The van der Waals surface area contributed by atoms with Crippen molar-refractivity contribution in [3.8, 4) is 5.82 Å². The Kier molecular flexibility index (Phi) is 7.55. The van der Waals surface area contributed by atoms with E-state index in [2.05, 4.69) is 15.6 Å². The summed E-state index contributed by atoms with van der Waals surface area (Å²) >= 11 is 0. The molecule has 7 nitrogen and oxygen atoms in total. The molecule has 3 heterocycles. The monoisotopic (exact) mass is 505 g/mol. The summed E-state index contributed by atoms with van der Waals surface area (Å²) in [6, 6.07) is 9.67. The summed E-state index contributed by atoms with van der Waals surface area (Å²) in [5.74, 6) is 0.430. The Morgan fingerprint density at radius 2 is 1.86 bits per heavy atom. The van der Waals surface area contributed by atoms with Gasteiger partial charge in [-0.25, -0.2) is 9.37 Å². The van der Waals surface area contributed by atoms with Gasteiger partial charge < -0.3 is 20.1 Å². The Morgan fingerprint density at radius 1 is 1.05 bits per heavy atom. The fourth-order valence-electron chi connectivity index (χ4n) is 5.89. The average molecular weight is 506 g/mol. The van der Waals surface area contributed by atoms with E-state index in [0.717, 1.165) is 55.0 Å². The second-order valence-electron chi connectivity index (χ2n) is 10.4. The van der Waals surface area contributed by atoms with E-state index < -0.39 is 6.04 Å². The predicted molar refractivity (Wildman–Crippen MR) is 142 cm³/mol. The molecular weight excluding hydrogens is 469 g/mol. The molecule has 1 aliphatic heterocycles. The molecule has 0 unspecified atom stereocenters. The molecule has 2 fully saturated rings. The molecule has 1 aliphatic carbocycles. The smallest absolute Gasteiger partial charge is 0.245 e. The first-order valence-electron chi connectivity index (χ1n) is 13.5. The van der Waals surface area contributed by atoms with E-state index in [4.69, 9.17) is 0 Å². The number of hydrogen-bond donors (Lipinski definition) is 2. The molecule has 2 amide bonds. The van der Waals surface area contributed by atoms with Crippen molar-refractivity contribution in [2.45, 2.75) is 70.0 Å². The molecule has 1 saturated heterocycles. The van der Waals surface area contributed by atoms with Crippen molar-refractivity contribution in [1.29, 1.82) is 0 Å². The number of fused-ring (bicyclic) bond motifs is 1. The van der Waals surface area contributed by atoms with Crippen LogP contribution in [0.25, 0.3) is 16.7 Å². The van der Waals surface area contributed by atoms with Crippen LogP contribution in [-0.4, -0.2) is 51.9 Å². The van der Waals surface area contributed by atoms with Gasteiger partial charge in [0, 0.05) is 24.3 Å². The Bertz CT molecular complexity index is 1270. The van der Waals surface area contributed by atoms with Crippen LogP contribution in [0.15, 0.2) is 48.8 Å². The maximum absolute atomic E-state index is 14.0. The molecule has 2 aromatic heterocycles. The van der Waals surface area contributed by atoms with Gasteiger partial charge in [0.15, 0.2) is 0 Å². The van der Waals surface area contributed by atoms with E-state index in [1.54, 1.807) is 19.3 Å². The van der Waals surface area contributed by atoms with Gasteiger partial charge in [0.25, 0.3) is 0 Å². The van der Waals surface area contributed by atoms with Crippen LogP contribution in [-0.2, 0) is 9.59 Å². The lowest BCUT2D eigenvalue weighted by Gasteiger charge is -2.35. The van der Waals surface area contributed by atoms with Crippen LogP contribution < -0.4 is 10.6 Å². The summed E-state index contributed by atoms with van der Waals surface area (Å²) in [5.41, 5.74) is 1.76. The van der Waals surface area contributed by atoms with Crippen molar-refractivity contribution in [2.75, 3.05) is 13.6 Å². The number of carbonyl (C=O) groups excluding carboxylic acids is 2. The number of aromatic nitrogens is 2. The molecule has 8 heteroatoms. The normalized spacial score (nSPS) is 20.2. The number of nitrogens with zero attached hydrogens (tertiary/aromatic N) is 3. The molecule has 37 heavy (non-hydrogen) atoms. The predicted octanol–water partition coefficient (Wildman–Crippen LogP) is 4.50. The second-order valence-corrected chi connectivity index (χ2v) is 10.4. The Morgan fingerprint density at radius 3 is 2.65 bits per heavy atom. The summed E-state index contributed by atoms with van der Waals surface area (Å²) in [4.78, 5) is 33.4. The molecule has 5 rings (SSSR count). The lowest BCUT2D eigenvalue weighted by molar-refractivity contribution is -0.139. The third-order valence-electron chi connectivity index (χ3n) is 8.10. The van der Waals surface area contributed by atoms with Crippen molar-refractivity contribution >= 4 is 22.7 Å². The first-order valence-corrected chi connectivity index (χ1v) is 13.5. The lowest BCUT2D eigenvalue weighted by atomic mass is 9.83. The minimum Gasteiger partial charge on any atom is -0.343 e. The van der Waals surface area contributed by atoms with Gasteiger partial charge in [-0.05, 0) is 87.5 Å². The van der Waals surface area contributed by atoms with Gasteiger partial charge in [0.1, 0.15) is 17.7 Å². The second kappa shape index (κ2) is 11.0. The highest BCUT2D eigenvalue weighted by Crippen LogP contribution is 2.35. The number of rotatable bonds is 7. The number of likely N-dealkylation sites (N-methyl/N-ethyl adjacent to an activating group) is 1. The van der Waals surface area contributed by atoms with Gasteiger partial charge >= 0.3 is 0 Å². The third kappa shape index (κ3) is 5.25. The van der Waals surface area contributed by atoms with Crippen molar-refractivity contribution < 1.29 is 14.0 Å². The minimum absolute atomic E-state index is 0.0119. The van der Waals surface area contributed by atoms with E-state index in [1.165, 1.54) is 18.6 Å². The van der Waals surface area contributed by atoms with Crippen LogP contribution in [0.4, 0.5) is 4.39 Å². The summed E-state index contributed by atoms with van der Waals surface area (Å²) < 4.78 is 15.8. The first kappa shape index (κ1) is 25.4. The molecule has 1 saturated carbocycles. The van der Waals surface area contributed by atoms with Crippen LogP contribution in [0.5, 0.6) is 0 Å². The van der Waals surface area contributed by atoms with E-state index >= 15 is 0 Å². The van der Waals surface area contributed by atoms with Gasteiger partial charge in [-0.3, -0.25) is 9.59 Å². The van der Waals surface area contributed by atoms with E-state index in [9.17, 15) is 14.0 Å². The number of nitrogens with one attached hydrogen (secondary N) is 2. The SMILES string of the molecule is CN[C@@H](C)C(=O)N[C@H](C(=O)N1CCC[C@@H]1c1ccnc(-n2ccc3ccc(F)cc32)c1)C1CCCCC1. The molecule has 2 aliphatic rings. The molecule has 2 N–H and O–H groups in total.